The first-order valence-corrected chi connectivity index (χ1v) is 11.4. The summed E-state index contributed by atoms with van der Waals surface area (Å²) in [4.78, 5) is 12.4. The number of rotatable bonds is 11. The molecule has 1 amide bonds. The fraction of sp³-hybridized carbons (Fsp3) is 0.385. The molecule has 1 N–H and O–H groups in total. The van der Waals surface area contributed by atoms with E-state index in [0.29, 0.717) is 30.4 Å². The van der Waals surface area contributed by atoms with Crippen LogP contribution in [0.4, 0.5) is 0 Å². The molecule has 3 aromatic rings. The number of benzene rings is 2. The van der Waals surface area contributed by atoms with Gasteiger partial charge in [0.2, 0.25) is 11.8 Å². The van der Waals surface area contributed by atoms with Crippen LogP contribution in [-0.2, 0) is 17.6 Å². The van der Waals surface area contributed by atoms with Crippen LogP contribution >= 0.6 is 0 Å². The van der Waals surface area contributed by atoms with Crippen LogP contribution in [0.2, 0.25) is 0 Å². The maximum absolute atomic E-state index is 12.4. The molecule has 4 rings (SSSR count). The van der Waals surface area contributed by atoms with E-state index in [2.05, 4.69) is 12.2 Å². The lowest BCUT2D eigenvalue weighted by Gasteiger charge is -2.12. The number of nitrogens with one attached hydrogen (secondary N) is 1. The smallest absolute Gasteiger partial charge is 0.226 e. The summed E-state index contributed by atoms with van der Waals surface area (Å²) in [5, 5.41) is 7.89. The molecule has 1 aliphatic rings. The summed E-state index contributed by atoms with van der Waals surface area (Å²) in [6.45, 7) is 2.84. The first kappa shape index (κ1) is 22.7. The topological polar surface area (TPSA) is 74.6 Å². The van der Waals surface area contributed by atoms with E-state index in [-0.39, 0.29) is 5.91 Å². The normalized spacial score (nSPS) is 12.9. The summed E-state index contributed by atoms with van der Waals surface area (Å²) in [5.74, 6) is 3.55. The quantitative estimate of drug-likeness (QED) is 0.459. The van der Waals surface area contributed by atoms with Crippen molar-refractivity contribution in [3.63, 3.8) is 0 Å². The summed E-state index contributed by atoms with van der Waals surface area (Å²) < 4.78 is 18.7. The van der Waals surface area contributed by atoms with Crippen LogP contribution in [0.15, 0.2) is 48.5 Å². The third kappa shape index (κ3) is 5.66. The molecule has 0 aliphatic heterocycles. The highest BCUT2D eigenvalue weighted by Gasteiger charge is 2.23. The van der Waals surface area contributed by atoms with Crippen LogP contribution in [0.3, 0.4) is 0 Å². The average Bonchev–Trinajstić information content (AvgIpc) is 3.63. The molecule has 7 nitrogen and oxygen atoms in total. The Balaban J connectivity index is 1.64. The molecule has 174 valence electrons. The second kappa shape index (κ2) is 10.4. The van der Waals surface area contributed by atoms with Gasteiger partial charge in [0.05, 0.1) is 25.6 Å². The number of hydrogen-bond donors (Lipinski definition) is 1. The van der Waals surface area contributed by atoms with E-state index in [4.69, 9.17) is 19.3 Å². The zero-order valence-electron chi connectivity index (χ0n) is 19.5. The molecule has 0 spiro atoms. The molecule has 1 fully saturated rings. The molecule has 1 heterocycles. The van der Waals surface area contributed by atoms with Gasteiger partial charge < -0.3 is 19.5 Å². The second-order valence-corrected chi connectivity index (χ2v) is 8.22. The minimum atomic E-state index is 0.0662. The third-order valence-corrected chi connectivity index (χ3v) is 5.83. The summed E-state index contributed by atoms with van der Waals surface area (Å²) >= 11 is 0. The maximum Gasteiger partial charge on any atom is 0.226 e. The van der Waals surface area contributed by atoms with Gasteiger partial charge in [0.25, 0.3) is 0 Å². The summed E-state index contributed by atoms with van der Waals surface area (Å²) in [7, 11) is 3.28. The largest absolute Gasteiger partial charge is 0.497 e. The molecule has 7 heteroatoms. The van der Waals surface area contributed by atoms with Crippen LogP contribution < -0.4 is 19.5 Å². The molecule has 0 bridgehead atoms. The molecule has 0 atom stereocenters. The predicted octanol–water partition coefficient (Wildman–Crippen LogP) is 4.70. The van der Waals surface area contributed by atoms with Crippen LogP contribution in [-0.4, -0.2) is 36.5 Å². The number of amides is 1. The summed E-state index contributed by atoms with van der Waals surface area (Å²) in [6, 6.07) is 15.1. The molecule has 1 aromatic heterocycles. The lowest BCUT2D eigenvalue weighted by Crippen LogP contribution is -2.25. The Bertz CT molecular complexity index is 1070. The highest BCUT2D eigenvalue weighted by Crippen LogP contribution is 2.33. The SMILES string of the molecule is CCc1nn(-c2ccc(OC)cc2)c(Oc2ccc(OC)cc2)c1CCC(=O)NCC1CC1. The first-order chi connectivity index (χ1) is 16.1. The van der Waals surface area contributed by atoms with Crippen molar-refractivity contribution in [2.24, 2.45) is 5.92 Å². The number of hydrogen-bond acceptors (Lipinski definition) is 5. The van der Waals surface area contributed by atoms with Crippen molar-refractivity contribution < 1.29 is 19.0 Å². The molecule has 33 heavy (non-hydrogen) atoms. The van der Waals surface area contributed by atoms with Crippen molar-refractivity contribution in [3.05, 3.63) is 59.8 Å². The van der Waals surface area contributed by atoms with Crippen LogP contribution in [0.25, 0.3) is 5.69 Å². The van der Waals surface area contributed by atoms with Gasteiger partial charge in [0.1, 0.15) is 17.2 Å². The zero-order valence-corrected chi connectivity index (χ0v) is 19.5. The van der Waals surface area contributed by atoms with Gasteiger partial charge >= 0.3 is 0 Å². The van der Waals surface area contributed by atoms with Gasteiger partial charge in [-0.1, -0.05) is 6.92 Å². The minimum Gasteiger partial charge on any atom is -0.497 e. The van der Waals surface area contributed by atoms with Gasteiger partial charge in [-0.15, -0.1) is 0 Å². The van der Waals surface area contributed by atoms with Crippen molar-refractivity contribution in [3.8, 4) is 28.8 Å². The van der Waals surface area contributed by atoms with Gasteiger partial charge in [-0.2, -0.15) is 5.10 Å². The van der Waals surface area contributed by atoms with E-state index in [0.717, 1.165) is 41.4 Å². The number of carbonyl (C=O) groups is 1. The average molecular weight is 450 g/mol. The van der Waals surface area contributed by atoms with E-state index in [1.165, 1.54) is 12.8 Å². The number of aromatic nitrogens is 2. The highest BCUT2D eigenvalue weighted by molar-refractivity contribution is 5.76. The van der Waals surface area contributed by atoms with E-state index in [9.17, 15) is 4.79 Å². The van der Waals surface area contributed by atoms with Crippen LogP contribution in [0.1, 0.15) is 37.4 Å². The Morgan fingerprint density at radius 2 is 1.61 bits per heavy atom. The maximum atomic E-state index is 12.4. The second-order valence-electron chi connectivity index (χ2n) is 8.22. The monoisotopic (exact) mass is 449 g/mol. The Hall–Kier alpha value is -3.48. The Morgan fingerprint density at radius 1 is 1.00 bits per heavy atom. The Labute approximate surface area is 194 Å². The number of methoxy groups -OCH3 is 2. The van der Waals surface area contributed by atoms with Gasteiger partial charge in [-0.25, -0.2) is 4.68 Å². The molecule has 1 aliphatic carbocycles. The van der Waals surface area contributed by atoms with Crippen LogP contribution in [0.5, 0.6) is 23.1 Å². The lowest BCUT2D eigenvalue weighted by atomic mass is 10.1. The highest BCUT2D eigenvalue weighted by atomic mass is 16.5. The van der Waals surface area contributed by atoms with E-state index in [1.54, 1.807) is 18.9 Å². The molecule has 2 aromatic carbocycles. The van der Waals surface area contributed by atoms with Crippen molar-refractivity contribution in [1.29, 1.82) is 0 Å². The zero-order chi connectivity index (χ0) is 23.2. The molecule has 0 unspecified atom stereocenters. The first-order valence-electron chi connectivity index (χ1n) is 11.4. The molecule has 0 radical (unpaired) electrons. The van der Waals surface area contributed by atoms with Crippen molar-refractivity contribution in [2.75, 3.05) is 20.8 Å². The van der Waals surface area contributed by atoms with Gasteiger partial charge in [-0.3, -0.25) is 4.79 Å². The minimum absolute atomic E-state index is 0.0662. The van der Waals surface area contributed by atoms with Crippen molar-refractivity contribution >= 4 is 5.91 Å². The number of aryl methyl sites for hydroxylation is 1. The third-order valence-electron chi connectivity index (χ3n) is 5.83. The standard InChI is InChI=1S/C26H31N3O4/c1-4-24-23(15-16-25(30)27-17-18-5-6-18)26(33-22-13-11-21(32-3)12-14-22)29(28-24)19-7-9-20(31-2)10-8-19/h7-14,18H,4-6,15-17H2,1-3H3,(H,27,30). The van der Waals surface area contributed by atoms with Crippen LogP contribution in [0, 0.1) is 5.92 Å². The van der Waals surface area contributed by atoms with E-state index >= 15 is 0 Å². The van der Waals surface area contributed by atoms with Crippen molar-refractivity contribution in [1.82, 2.24) is 15.1 Å². The van der Waals surface area contributed by atoms with E-state index in [1.807, 2.05) is 48.5 Å². The van der Waals surface area contributed by atoms with Gasteiger partial charge in [0.15, 0.2) is 0 Å². The Morgan fingerprint density at radius 3 is 2.18 bits per heavy atom. The molecule has 1 saturated carbocycles. The molecular weight excluding hydrogens is 418 g/mol. The number of carbonyl (C=O) groups excluding carboxylic acids is 1. The van der Waals surface area contributed by atoms with Crippen molar-refractivity contribution in [2.45, 2.75) is 39.0 Å². The summed E-state index contributed by atoms with van der Waals surface area (Å²) in [6.07, 6.45) is 4.12. The Kier molecular flexibility index (Phi) is 7.17. The summed E-state index contributed by atoms with van der Waals surface area (Å²) in [5.41, 5.74) is 2.73. The molecular formula is C26H31N3O4. The fourth-order valence-electron chi connectivity index (χ4n) is 3.68. The van der Waals surface area contributed by atoms with Gasteiger partial charge in [0, 0.05) is 18.5 Å². The van der Waals surface area contributed by atoms with E-state index < -0.39 is 0 Å². The fourth-order valence-corrected chi connectivity index (χ4v) is 3.68. The van der Waals surface area contributed by atoms with Gasteiger partial charge in [-0.05, 0) is 80.1 Å². The number of nitrogens with zero attached hydrogens (tertiary/aromatic N) is 2. The molecule has 0 saturated heterocycles. The lowest BCUT2D eigenvalue weighted by molar-refractivity contribution is -0.121. The number of ether oxygens (including phenoxy) is 3. The predicted molar refractivity (Wildman–Crippen MR) is 127 cm³/mol.